The van der Waals surface area contributed by atoms with Gasteiger partial charge < -0.3 is 34.3 Å². The molecule has 126 valence electrons. The van der Waals surface area contributed by atoms with Crippen LogP contribution < -0.4 is 10.6 Å². The van der Waals surface area contributed by atoms with E-state index in [2.05, 4.69) is 10.6 Å². The molecule has 2 amide bonds. The lowest BCUT2D eigenvalue weighted by Gasteiger charge is -2.43. The molecule has 8 heteroatoms. The molecule has 0 radical (unpaired) electrons. The summed E-state index contributed by atoms with van der Waals surface area (Å²) in [6.07, 6.45) is -1.77. The number of hydrogen-bond donors (Lipinski definition) is 2. The maximum absolute atomic E-state index is 11.4. The molecule has 0 saturated carbocycles. The van der Waals surface area contributed by atoms with Crippen LogP contribution in [0.2, 0.25) is 0 Å². The fraction of sp³-hybridized carbons (Fsp3) is 0.929. The zero-order valence-corrected chi connectivity index (χ0v) is 13.5. The quantitative estimate of drug-likeness (QED) is 0.762. The van der Waals surface area contributed by atoms with Gasteiger partial charge in [-0.25, -0.2) is 4.79 Å². The highest BCUT2D eigenvalue weighted by Crippen LogP contribution is 2.44. The van der Waals surface area contributed by atoms with E-state index in [1.165, 1.54) is 0 Å². The minimum Gasteiger partial charge on any atom is -0.343 e. The number of ether oxygens (including phenoxy) is 5. The van der Waals surface area contributed by atoms with Crippen molar-refractivity contribution >= 4 is 6.03 Å². The number of amides is 2. The first kappa shape index (κ1) is 15.9. The molecule has 22 heavy (non-hydrogen) atoms. The topological polar surface area (TPSA) is 87.3 Å². The van der Waals surface area contributed by atoms with Crippen molar-refractivity contribution in [2.45, 2.75) is 70.0 Å². The van der Waals surface area contributed by atoms with Gasteiger partial charge >= 0.3 is 6.03 Å². The highest BCUT2D eigenvalue weighted by Gasteiger charge is 2.61. The Labute approximate surface area is 129 Å². The van der Waals surface area contributed by atoms with E-state index in [0.29, 0.717) is 6.54 Å². The molecule has 8 nitrogen and oxygen atoms in total. The SMILES string of the molecule is CNC(=O)NC[C@H]1OC(C)(C)O[C@@H]2[C@H]3OC(C)(C)O[C@H]3O[C@@H]21. The van der Waals surface area contributed by atoms with Crippen molar-refractivity contribution in [2.24, 2.45) is 0 Å². The first-order valence-electron chi connectivity index (χ1n) is 7.53. The molecule has 0 bridgehead atoms. The molecule has 3 rings (SSSR count). The van der Waals surface area contributed by atoms with E-state index in [1.54, 1.807) is 7.05 Å². The Morgan fingerprint density at radius 3 is 2.27 bits per heavy atom. The summed E-state index contributed by atoms with van der Waals surface area (Å²) in [5.74, 6) is -1.48. The Morgan fingerprint density at radius 1 is 0.955 bits per heavy atom. The van der Waals surface area contributed by atoms with Crippen LogP contribution in [0, 0.1) is 0 Å². The van der Waals surface area contributed by atoms with Gasteiger partial charge in [0.15, 0.2) is 17.9 Å². The molecule has 0 aliphatic carbocycles. The molecular formula is C14H24N2O6. The van der Waals surface area contributed by atoms with Crippen LogP contribution in [-0.4, -0.2) is 61.9 Å². The molecule has 3 heterocycles. The van der Waals surface area contributed by atoms with E-state index in [1.807, 2.05) is 27.7 Å². The highest BCUT2D eigenvalue weighted by molar-refractivity contribution is 5.73. The Bertz CT molecular complexity index is 455. The lowest BCUT2D eigenvalue weighted by atomic mass is 10.0. The number of nitrogens with one attached hydrogen (secondary N) is 2. The Kier molecular flexibility index (Phi) is 3.85. The first-order chi connectivity index (χ1) is 10.2. The van der Waals surface area contributed by atoms with Crippen LogP contribution in [0.25, 0.3) is 0 Å². The van der Waals surface area contributed by atoms with Gasteiger partial charge in [-0.15, -0.1) is 0 Å². The van der Waals surface area contributed by atoms with Gasteiger partial charge in [0.25, 0.3) is 0 Å². The van der Waals surface area contributed by atoms with Gasteiger partial charge in [-0.05, 0) is 27.7 Å². The molecule has 3 fully saturated rings. The lowest BCUT2D eigenvalue weighted by Crippen LogP contribution is -2.58. The van der Waals surface area contributed by atoms with Crippen LogP contribution >= 0.6 is 0 Å². The fourth-order valence-electron chi connectivity index (χ4n) is 3.16. The average molecular weight is 316 g/mol. The number of urea groups is 1. The minimum atomic E-state index is -0.787. The van der Waals surface area contributed by atoms with Crippen LogP contribution in [0.3, 0.4) is 0 Å². The molecule has 0 spiro atoms. The van der Waals surface area contributed by atoms with Gasteiger partial charge in [0.1, 0.15) is 24.4 Å². The van der Waals surface area contributed by atoms with Crippen LogP contribution in [0.4, 0.5) is 4.79 Å². The molecule has 0 aromatic carbocycles. The van der Waals surface area contributed by atoms with Crippen LogP contribution in [0.15, 0.2) is 0 Å². The lowest BCUT2D eigenvalue weighted by molar-refractivity contribution is -0.342. The number of carbonyl (C=O) groups excluding carboxylic acids is 1. The predicted molar refractivity (Wildman–Crippen MR) is 75.0 cm³/mol. The number of rotatable bonds is 2. The molecule has 2 N–H and O–H groups in total. The highest BCUT2D eigenvalue weighted by atomic mass is 16.9. The molecule has 0 aromatic heterocycles. The van der Waals surface area contributed by atoms with E-state index in [4.69, 9.17) is 23.7 Å². The van der Waals surface area contributed by atoms with Crippen LogP contribution in [0.5, 0.6) is 0 Å². The van der Waals surface area contributed by atoms with Gasteiger partial charge in [0, 0.05) is 13.6 Å². The molecule has 3 saturated heterocycles. The number of carbonyl (C=O) groups is 1. The van der Waals surface area contributed by atoms with Crippen molar-refractivity contribution in [2.75, 3.05) is 13.6 Å². The first-order valence-corrected chi connectivity index (χ1v) is 7.53. The predicted octanol–water partition coefficient (Wildman–Crippen LogP) is 0.312. The maximum atomic E-state index is 11.4. The Hall–Kier alpha value is -0.930. The van der Waals surface area contributed by atoms with Gasteiger partial charge in [-0.1, -0.05) is 0 Å². The average Bonchev–Trinajstić information content (AvgIpc) is 2.87. The monoisotopic (exact) mass is 316 g/mol. The normalized spacial score (nSPS) is 41.6. The van der Waals surface area contributed by atoms with E-state index >= 15 is 0 Å². The molecule has 0 unspecified atom stereocenters. The summed E-state index contributed by atoms with van der Waals surface area (Å²) >= 11 is 0. The molecule has 5 atom stereocenters. The third-order valence-corrected chi connectivity index (χ3v) is 3.94. The second-order valence-electron chi connectivity index (χ2n) is 6.67. The zero-order chi connectivity index (χ0) is 16.1. The van der Waals surface area contributed by atoms with Crippen molar-refractivity contribution < 1.29 is 28.5 Å². The van der Waals surface area contributed by atoms with Crippen molar-refractivity contribution in [3.05, 3.63) is 0 Å². The van der Waals surface area contributed by atoms with E-state index in [-0.39, 0.29) is 30.4 Å². The maximum Gasteiger partial charge on any atom is 0.314 e. The van der Waals surface area contributed by atoms with Crippen LogP contribution in [-0.2, 0) is 23.7 Å². The van der Waals surface area contributed by atoms with Crippen molar-refractivity contribution in [3.63, 3.8) is 0 Å². The van der Waals surface area contributed by atoms with E-state index in [0.717, 1.165) is 0 Å². The van der Waals surface area contributed by atoms with E-state index in [9.17, 15) is 4.79 Å². The van der Waals surface area contributed by atoms with Gasteiger partial charge in [-0.3, -0.25) is 0 Å². The third kappa shape index (κ3) is 2.93. The van der Waals surface area contributed by atoms with Gasteiger partial charge in [0.05, 0.1) is 0 Å². The summed E-state index contributed by atoms with van der Waals surface area (Å²) in [7, 11) is 1.56. The summed E-state index contributed by atoms with van der Waals surface area (Å²) in [6.45, 7) is 7.68. The van der Waals surface area contributed by atoms with Crippen LogP contribution in [0.1, 0.15) is 27.7 Å². The molecule has 0 aromatic rings. The second-order valence-corrected chi connectivity index (χ2v) is 6.67. The molecule has 3 aliphatic heterocycles. The number of hydrogen-bond acceptors (Lipinski definition) is 6. The summed E-state index contributed by atoms with van der Waals surface area (Å²) in [5.41, 5.74) is 0. The molecule has 3 aliphatic rings. The Morgan fingerprint density at radius 2 is 1.59 bits per heavy atom. The number of fused-ring (bicyclic) bond motifs is 3. The Balaban J connectivity index is 1.73. The zero-order valence-electron chi connectivity index (χ0n) is 13.5. The van der Waals surface area contributed by atoms with Gasteiger partial charge in [0.2, 0.25) is 0 Å². The van der Waals surface area contributed by atoms with E-state index < -0.39 is 17.9 Å². The minimum absolute atomic E-state index is 0.267. The molecular weight excluding hydrogens is 292 g/mol. The summed E-state index contributed by atoms with van der Waals surface area (Å²) in [5, 5.41) is 5.25. The van der Waals surface area contributed by atoms with Crippen molar-refractivity contribution in [1.29, 1.82) is 0 Å². The standard InChI is InChI=1S/C14H24N2O6/c1-13(2)19-7(6-16-12(17)15-5)8-9(20-13)10-11(18-8)22-14(3,4)21-10/h7-11H,6H2,1-5H3,(H2,15,16,17)/t7-,8-,9+,10-,11-/m1/s1. The third-order valence-electron chi connectivity index (χ3n) is 3.94. The summed E-state index contributed by atoms with van der Waals surface area (Å²) in [6, 6.07) is -0.267. The summed E-state index contributed by atoms with van der Waals surface area (Å²) < 4.78 is 29.5. The smallest absolute Gasteiger partial charge is 0.314 e. The fourth-order valence-corrected chi connectivity index (χ4v) is 3.16. The largest absolute Gasteiger partial charge is 0.343 e. The second kappa shape index (κ2) is 5.31. The van der Waals surface area contributed by atoms with Crippen molar-refractivity contribution in [1.82, 2.24) is 10.6 Å². The summed E-state index contributed by atoms with van der Waals surface area (Å²) in [4.78, 5) is 11.4. The van der Waals surface area contributed by atoms with Crippen molar-refractivity contribution in [3.8, 4) is 0 Å². The van der Waals surface area contributed by atoms with Gasteiger partial charge in [-0.2, -0.15) is 0 Å².